The zero-order valence-electron chi connectivity index (χ0n) is 10.3. The van der Waals surface area contributed by atoms with Crippen molar-refractivity contribution in [2.45, 2.75) is 17.9 Å². The topological polar surface area (TPSA) is 40.5 Å². The molecule has 0 heterocycles. The van der Waals surface area contributed by atoms with E-state index < -0.39 is 12.0 Å². The van der Waals surface area contributed by atoms with Crippen molar-refractivity contribution in [2.75, 3.05) is 19.3 Å². The highest BCUT2D eigenvalue weighted by atomic mass is 35.5. The molecule has 1 aromatic rings. The number of rotatable bonds is 6. The molecule has 1 rings (SSSR count). The Morgan fingerprint density at radius 2 is 2.00 bits per heavy atom. The minimum Gasteiger partial charge on any atom is -0.480 e. The number of carboxylic acid groups (broad SMARTS) is 1. The predicted molar refractivity (Wildman–Crippen MR) is 79.2 cm³/mol. The highest BCUT2D eigenvalue weighted by molar-refractivity contribution is 7.99. The molecular weight excluding hydrogens is 293 g/mol. The molecule has 0 aliphatic heterocycles. The van der Waals surface area contributed by atoms with Crippen LogP contribution in [0.1, 0.15) is 6.92 Å². The summed E-state index contributed by atoms with van der Waals surface area (Å²) in [4.78, 5) is 13.7. The Bertz CT molecular complexity index is 373. The normalized spacial score (nSPS) is 12.0. The van der Waals surface area contributed by atoms with E-state index >= 15 is 0 Å². The third-order valence-electron chi connectivity index (χ3n) is 2.54. The average molecular weight is 310 g/mol. The van der Waals surface area contributed by atoms with Crippen molar-refractivity contribution in [3.8, 4) is 0 Å². The van der Waals surface area contributed by atoms with Crippen LogP contribution < -0.4 is 0 Å². The second kappa shape index (κ2) is 8.64. The van der Waals surface area contributed by atoms with Gasteiger partial charge in [-0.05, 0) is 38.2 Å². The van der Waals surface area contributed by atoms with Crippen molar-refractivity contribution in [1.29, 1.82) is 0 Å². The maximum absolute atomic E-state index is 10.7. The van der Waals surface area contributed by atoms with Crippen LogP contribution in [0.2, 0.25) is 5.02 Å². The molecule has 0 saturated carbocycles. The summed E-state index contributed by atoms with van der Waals surface area (Å²) in [5.74, 6) is 0.0689. The quantitative estimate of drug-likeness (QED) is 0.819. The van der Waals surface area contributed by atoms with Crippen LogP contribution in [0.25, 0.3) is 0 Å². The van der Waals surface area contributed by atoms with E-state index in [1.807, 2.05) is 36.2 Å². The molecule has 0 aromatic heterocycles. The molecule has 0 spiro atoms. The molecule has 0 aliphatic rings. The molecule has 6 heteroatoms. The number of nitrogens with zero attached hydrogens (tertiary/aromatic N) is 1. The minimum absolute atomic E-state index is 0. The van der Waals surface area contributed by atoms with E-state index in [2.05, 4.69) is 0 Å². The van der Waals surface area contributed by atoms with Gasteiger partial charge in [-0.1, -0.05) is 11.6 Å². The maximum Gasteiger partial charge on any atom is 0.320 e. The van der Waals surface area contributed by atoms with Gasteiger partial charge in [-0.25, -0.2) is 0 Å². The van der Waals surface area contributed by atoms with Crippen molar-refractivity contribution in [3.63, 3.8) is 0 Å². The molecule has 1 N–H and O–H groups in total. The number of carboxylic acids is 1. The van der Waals surface area contributed by atoms with Gasteiger partial charge in [-0.2, -0.15) is 0 Å². The standard InChI is InChI=1S/C12H16ClNO2S.ClH/c1-9(12(15)16)14(2)7-8-17-11-5-3-10(13)4-6-11;/h3-6,9H,7-8H2,1-2H3,(H,15,16);1H. The van der Waals surface area contributed by atoms with E-state index in [4.69, 9.17) is 16.7 Å². The molecule has 0 radical (unpaired) electrons. The molecule has 1 unspecified atom stereocenters. The van der Waals surface area contributed by atoms with Crippen LogP contribution in [0.4, 0.5) is 0 Å². The van der Waals surface area contributed by atoms with Gasteiger partial charge in [0, 0.05) is 22.2 Å². The minimum atomic E-state index is -0.788. The van der Waals surface area contributed by atoms with Crippen LogP contribution in [0.3, 0.4) is 0 Å². The number of benzene rings is 1. The molecule has 0 saturated heterocycles. The van der Waals surface area contributed by atoms with Gasteiger partial charge in [0.25, 0.3) is 0 Å². The fourth-order valence-corrected chi connectivity index (χ4v) is 2.29. The Hall–Kier alpha value is -0.420. The summed E-state index contributed by atoms with van der Waals surface area (Å²) < 4.78 is 0. The Kier molecular flexibility index (Phi) is 8.44. The van der Waals surface area contributed by atoms with Gasteiger partial charge in [-0.15, -0.1) is 24.2 Å². The van der Waals surface area contributed by atoms with Crippen LogP contribution in [-0.2, 0) is 4.79 Å². The van der Waals surface area contributed by atoms with Gasteiger partial charge in [0.2, 0.25) is 0 Å². The molecule has 0 fully saturated rings. The molecule has 0 amide bonds. The van der Waals surface area contributed by atoms with Crippen LogP contribution in [-0.4, -0.2) is 41.4 Å². The zero-order valence-corrected chi connectivity index (χ0v) is 12.7. The highest BCUT2D eigenvalue weighted by Crippen LogP contribution is 2.20. The first-order chi connectivity index (χ1) is 8.00. The van der Waals surface area contributed by atoms with Gasteiger partial charge in [0.05, 0.1) is 0 Å². The molecule has 18 heavy (non-hydrogen) atoms. The largest absolute Gasteiger partial charge is 0.480 e. The fraction of sp³-hybridized carbons (Fsp3) is 0.417. The number of likely N-dealkylation sites (N-methyl/N-ethyl adjacent to an activating group) is 1. The van der Waals surface area contributed by atoms with Crippen LogP contribution in [0.5, 0.6) is 0 Å². The van der Waals surface area contributed by atoms with E-state index in [1.165, 1.54) is 0 Å². The fourth-order valence-electron chi connectivity index (χ4n) is 1.22. The van der Waals surface area contributed by atoms with Crippen LogP contribution >= 0.6 is 35.8 Å². The maximum atomic E-state index is 10.7. The average Bonchev–Trinajstić information content (AvgIpc) is 2.30. The predicted octanol–water partition coefficient (Wildman–Crippen LogP) is 3.26. The molecule has 1 atom stereocenters. The lowest BCUT2D eigenvalue weighted by Gasteiger charge is -2.20. The Morgan fingerprint density at radius 3 is 2.50 bits per heavy atom. The summed E-state index contributed by atoms with van der Waals surface area (Å²) in [6.45, 7) is 2.43. The number of hydrogen-bond acceptors (Lipinski definition) is 3. The van der Waals surface area contributed by atoms with E-state index in [9.17, 15) is 4.79 Å². The van der Waals surface area contributed by atoms with Gasteiger partial charge < -0.3 is 5.11 Å². The van der Waals surface area contributed by atoms with Crippen molar-refractivity contribution < 1.29 is 9.90 Å². The summed E-state index contributed by atoms with van der Waals surface area (Å²) in [5, 5.41) is 9.56. The molecule has 1 aromatic carbocycles. The van der Waals surface area contributed by atoms with Gasteiger partial charge >= 0.3 is 5.97 Å². The number of aliphatic carboxylic acids is 1. The summed E-state index contributed by atoms with van der Waals surface area (Å²) in [6, 6.07) is 7.20. The van der Waals surface area contributed by atoms with Gasteiger partial charge in [-0.3, -0.25) is 9.69 Å². The third-order valence-corrected chi connectivity index (χ3v) is 3.79. The number of carbonyl (C=O) groups is 1. The molecule has 3 nitrogen and oxygen atoms in total. The summed E-state index contributed by atoms with van der Waals surface area (Å²) in [5.41, 5.74) is 0. The molecular formula is C12H17Cl2NO2S. The van der Waals surface area contributed by atoms with Gasteiger partial charge in [0.15, 0.2) is 0 Å². The second-order valence-electron chi connectivity index (χ2n) is 3.80. The first kappa shape index (κ1) is 17.6. The molecule has 0 aliphatic carbocycles. The summed E-state index contributed by atoms with van der Waals surface area (Å²) in [6.07, 6.45) is 0. The van der Waals surface area contributed by atoms with Crippen LogP contribution in [0, 0.1) is 0 Å². The highest BCUT2D eigenvalue weighted by Gasteiger charge is 2.15. The monoisotopic (exact) mass is 309 g/mol. The van der Waals surface area contributed by atoms with Crippen molar-refractivity contribution >= 4 is 41.7 Å². The van der Waals surface area contributed by atoms with Crippen molar-refractivity contribution in [3.05, 3.63) is 29.3 Å². The SMILES string of the molecule is CC(C(=O)O)N(C)CCSc1ccc(Cl)cc1.Cl. The van der Waals surface area contributed by atoms with E-state index in [0.29, 0.717) is 0 Å². The lowest BCUT2D eigenvalue weighted by Crippen LogP contribution is -2.37. The number of thioether (sulfide) groups is 1. The Labute approximate surface area is 123 Å². The Balaban J connectivity index is 0.00000289. The van der Waals surface area contributed by atoms with E-state index in [1.54, 1.807) is 18.7 Å². The first-order valence-electron chi connectivity index (χ1n) is 5.32. The van der Waals surface area contributed by atoms with E-state index in [-0.39, 0.29) is 12.4 Å². The smallest absolute Gasteiger partial charge is 0.320 e. The zero-order chi connectivity index (χ0) is 12.8. The second-order valence-corrected chi connectivity index (χ2v) is 5.40. The summed E-state index contributed by atoms with van der Waals surface area (Å²) in [7, 11) is 1.82. The Morgan fingerprint density at radius 1 is 1.44 bits per heavy atom. The summed E-state index contributed by atoms with van der Waals surface area (Å²) >= 11 is 7.48. The third kappa shape index (κ3) is 5.96. The van der Waals surface area contributed by atoms with Crippen molar-refractivity contribution in [2.24, 2.45) is 0 Å². The lowest BCUT2D eigenvalue weighted by atomic mass is 10.3. The lowest BCUT2D eigenvalue weighted by molar-refractivity contribution is -0.141. The van der Waals surface area contributed by atoms with Gasteiger partial charge in [0.1, 0.15) is 6.04 Å². The number of halogens is 2. The van der Waals surface area contributed by atoms with Crippen LogP contribution in [0.15, 0.2) is 29.2 Å². The molecule has 0 bridgehead atoms. The first-order valence-corrected chi connectivity index (χ1v) is 6.68. The molecule has 102 valence electrons. The van der Waals surface area contributed by atoms with E-state index in [0.717, 1.165) is 22.2 Å². The number of hydrogen-bond donors (Lipinski definition) is 1. The van der Waals surface area contributed by atoms with Crippen molar-refractivity contribution in [1.82, 2.24) is 4.90 Å².